The molecular weight excluding hydrogens is 184 g/mol. The molecule has 0 fully saturated rings. The maximum atomic E-state index is 4.39. The number of hydrogen-bond donors (Lipinski definition) is 1. The normalized spacial score (nSPS) is 10.7. The summed E-state index contributed by atoms with van der Waals surface area (Å²) in [5.41, 5.74) is 1.07. The summed E-state index contributed by atoms with van der Waals surface area (Å²) in [4.78, 5) is 4.39. The Balaban J connectivity index is 2.15. The number of anilines is 1. The molecule has 1 rings (SSSR count). The number of nitrogens with one attached hydrogen (secondary N) is 1. The summed E-state index contributed by atoms with van der Waals surface area (Å²) < 4.78 is 0. The second-order valence-corrected chi connectivity index (χ2v) is 4.48. The van der Waals surface area contributed by atoms with Gasteiger partial charge in [-0.05, 0) is 31.4 Å². The molecule has 0 bridgehead atoms. The van der Waals surface area contributed by atoms with Gasteiger partial charge in [-0.2, -0.15) is 0 Å². The van der Waals surface area contributed by atoms with Crippen molar-refractivity contribution in [2.24, 2.45) is 5.92 Å². The molecule has 0 saturated heterocycles. The van der Waals surface area contributed by atoms with Crippen molar-refractivity contribution in [2.45, 2.75) is 40.0 Å². The van der Waals surface area contributed by atoms with E-state index in [4.69, 9.17) is 0 Å². The Bertz CT molecular complexity index is 282. The van der Waals surface area contributed by atoms with Gasteiger partial charge in [0.2, 0.25) is 0 Å². The summed E-state index contributed by atoms with van der Waals surface area (Å²) in [6.07, 6.45) is 3.85. The molecular formula is C13H22N2. The van der Waals surface area contributed by atoms with Crippen LogP contribution in [0.2, 0.25) is 0 Å². The van der Waals surface area contributed by atoms with E-state index in [1.54, 1.807) is 0 Å². The molecule has 0 unspecified atom stereocenters. The number of nitrogens with zero attached hydrogens (tertiary/aromatic N) is 1. The van der Waals surface area contributed by atoms with Gasteiger partial charge in [-0.3, -0.25) is 0 Å². The number of rotatable bonds is 6. The zero-order valence-corrected chi connectivity index (χ0v) is 10.1. The van der Waals surface area contributed by atoms with Crippen LogP contribution in [-0.2, 0) is 0 Å². The van der Waals surface area contributed by atoms with Gasteiger partial charge in [0.1, 0.15) is 5.82 Å². The number of pyridine rings is 1. The molecule has 1 aromatic heterocycles. The standard InChI is InChI=1S/C13H22N2/c1-11(2)7-4-5-10-14-13-9-6-8-12(3)15-13/h6,8-9,11H,4-5,7,10H2,1-3H3,(H,14,15). The Kier molecular flexibility index (Phi) is 5.16. The summed E-state index contributed by atoms with van der Waals surface area (Å²) in [7, 11) is 0. The first-order chi connectivity index (χ1) is 7.18. The number of unbranched alkanes of at least 4 members (excludes halogenated alkanes) is 1. The molecule has 2 nitrogen and oxygen atoms in total. The van der Waals surface area contributed by atoms with Crippen LogP contribution in [0.4, 0.5) is 5.82 Å². The molecule has 1 heterocycles. The Morgan fingerprint density at radius 1 is 1.27 bits per heavy atom. The van der Waals surface area contributed by atoms with E-state index in [9.17, 15) is 0 Å². The summed E-state index contributed by atoms with van der Waals surface area (Å²) in [5.74, 6) is 1.82. The average molecular weight is 206 g/mol. The monoisotopic (exact) mass is 206 g/mol. The summed E-state index contributed by atoms with van der Waals surface area (Å²) in [6, 6.07) is 6.08. The van der Waals surface area contributed by atoms with Gasteiger partial charge in [-0.1, -0.05) is 32.8 Å². The smallest absolute Gasteiger partial charge is 0.126 e. The van der Waals surface area contributed by atoms with Crippen molar-refractivity contribution in [2.75, 3.05) is 11.9 Å². The minimum atomic E-state index is 0.821. The first kappa shape index (κ1) is 12.0. The van der Waals surface area contributed by atoms with Gasteiger partial charge in [0.05, 0.1) is 0 Å². The lowest BCUT2D eigenvalue weighted by molar-refractivity contribution is 0.544. The van der Waals surface area contributed by atoms with E-state index in [2.05, 4.69) is 24.1 Å². The molecule has 0 spiro atoms. The van der Waals surface area contributed by atoms with Crippen LogP contribution in [0.1, 0.15) is 38.8 Å². The highest BCUT2D eigenvalue weighted by Gasteiger charge is 1.95. The first-order valence-corrected chi connectivity index (χ1v) is 5.86. The van der Waals surface area contributed by atoms with E-state index >= 15 is 0 Å². The zero-order valence-electron chi connectivity index (χ0n) is 10.1. The lowest BCUT2D eigenvalue weighted by Crippen LogP contribution is -2.04. The second kappa shape index (κ2) is 6.44. The van der Waals surface area contributed by atoms with Crippen LogP contribution < -0.4 is 5.32 Å². The molecule has 0 saturated carbocycles. The van der Waals surface area contributed by atoms with Gasteiger partial charge in [-0.25, -0.2) is 4.98 Å². The largest absolute Gasteiger partial charge is 0.370 e. The molecule has 0 aromatic carbocycles. The van der Waals surface area contributed by atoms with Crippen LogP contribution in [0.25, 0.3) is 0 Å². The first-order valence-electron chi connectivity index (χ1n) is 5.86. The fourth-order valence-corrected chi connectivity index (χ4v) is 1.54. The third-order valence-corrected chi connectivity index (χ3v) is 2.40. The third kappa shape index (κ3) is 5.40. The van der Waals surface area contributed by atoms with E-state index in [1.165, 1.54) is 19.3 Å². The van der Waals surface area contributed by atoms with E-state index < -0.39 is 0 Å². The topological polar surface area (TPSA) is 24.9 Å². The molecule has 0 aliphatic carbocycles. The lowest BCUT2D eigenvalue weighted by atomic mass is 10.1. The Labute approximate surface area is 93.1 Å². The van der Waals surface area contributed by atoms with Gasteiger partial charge in [0, 0.05) is 12.2 Å². The summed E-state index contributed by atoms with van der Waals surface area (Å²) in [5, 5.41) is 3.35. The van der Waals surface area contributed by atoms with Gasteiger partial charge in [-0.15, -0.1) is 0 Å². The lowest BCUT2D eigenvalue weighted by Gasteiger charge is -2.07. The van der Waals surface area contributed by atoms with Crippen molar-refractivity contribution >= 4 is 5.82 Å². The van der Waals surface area contributed by atoms with Crippen LogP contribution in [0.15, 0.2) is 18.2 Å². The van der Waals surface area contributed by atoms with Gasteiger partial charge < -0.3 is 5.32 Å². The molecule has 0 amide bonds. The van der Waals surface area contributed by atoms with Gasteiger partial charge in [0.25, 0.3) is 0 Å². The second-order valence-electron chi connectivity index (χ2n) is 4.48. The number of aromatic nitrogens is 1. The van der Waals surface area contributed by atoms with E-state index in [-0.39, 0.29) is 0 Å². The Hall–Kier alpha value is -1.05. The molecule has 15 heavy (non-hydrogen) atoms. The quantitative estimate of drug-likeness (QED) is 0.719. The Morgan fingerprint density at radius 3 is 2.73 bits per heavy atom. The van der Waals surface area contributed by atoms with Gasteiger partial charge >= 0.3 is 0 Å². The molecule has 1 N–H and O–H groups in total. The van der Waals surface area contributed by atoms with Crippen molar-refractivity contribution in [1.82, 2.24) is 4.98 Å². The van der Waals surface area contributed by atoms with Crippen molar-refractivity contribution in [3.8, 4) is 0 Å². The summed E-state index contributed by atoms with van der Waals surface area (Å²) >= 11 is 0. The molecule has 0 aliphatic heterocycles. The minimum absolute atomic E-state index is 0.821. The van der Waals surface area contributed by atoms with Crippen LogP contribution in [0.3, 0.4) is 0 Å². The van der Waals surface area contributed by atoms with Crippen molar-refractivity contribution in [3.05, 3.63) is 23.9 Å². The number of hydrogen-bond acceptors (Lipinski definition) is 2. The van der Waals surface area contributed by atoms with Gasteiger partial charge in [0.15, 0.2) is 0 Å². The van der Waals surface area contributed by atoms with Crippen LogP contribution in [0, 0.1) is 12.8 Å². The predicted octanol–water partition coefficient (Wildman–Crippen LogP) is 3.63. The Morgan fingerprint density at radius 2 is 2.07 bits per heavy atom. The summed E-state index contributed by atoms with van der Waals surface area (Å²) in [6.45, 7) is 7.60. The third-order valence-electron chi connectivity index (χ3n) is 2.40. The van der Waals surface area contributed by atoms with Crippen LogP contribution in [-0.4, -0.2) is 11.5 Å². The highest BCUT2D eigenvalue weighted by molar-refractivity contribution is 5.34. The van der Waals surface area contributed by atoms with E-state index in [1.807, 2.05) is 25.1 Å². The molecule has 0 aliphatic rings. The van der Waals surface area contributed by atoms with Crippen LogP contribution in [0.5, 0.6) is 0 Å². The maximum absolute atomic E-state index is 4.39. The highest BCUT2D eigenvalue weighted by atomic mass is 15.0. The molecule has 2 heteroatoms. The van der Waals surface area contributed by atoms with Crippen molar-refractivity contribution < 1.29 is 0 Å². The minimum Gasteiger partial charge on any atom is -0.370 e. The predicted molar refractivity (Wildman–Crippen MR) is 66.2 cm³/mol. The maximum Gasteiger partial charge on any atom is 0.126 e. The molecule has 1 aromatic rings. The highest BCUT2D eigenvalue weighted by Crippen LogP contribution is 2.07. The fraction of sp³-hybridized carbons (Fsp3) is 0.615. The van der Waals surface area contributed by atoms with E-state index in [0.29, 0.717) is 0 Å². The SMILES string of the molecule is Cc1cccc(NCCCCC(C)C)n1. The van der Waals surface area contributed by atoms with Crippen molar-refractivity contribution in [3.63, 3.8) is 0 Å². The zero-order chi connectivity index (χ0) is 11.1. The molecule has 0 radical (unpaired) electrons. The van der Waals surface area contributed by atoms with Crippen LogP contribution >= 0.6 is 0 Å². The van der Waals surface area contributed by atoms with E-state index in [0.717, 1.165) is 24.0 Å². The molecule has 0 atom stereocenters. The average Bonchev–Trinajstić information content (AvgIpc) is 2.17. The molecule has 84 valence electrons. The number of aryl methyl sites for hydroxylation is 1. The van der Waals surface area contributed by atoms with Crippen molar-refractivity contribution in [1.29, 1.82) is 0 Å². The fourth-order valence-electron chi connectivity index (χ4n) is 1.54.